The van der Waals surface area contributed by atoms with Gasteiger partial charge in [-0.3, -0.25) is 4.90 Å². The summed E-state index contributed by atoms with van der Waals surface area (Å²) in [6.45, 7) is 0.811. The molecule has 4 rings (SSSR count). The summed E-state index contributed by atoms with van der Waals surface area (Å²) in [5, 5.41) is 7.56. The SMILES string of the molecule is O=C1O[C@@H](Cn2ccnn2)CN1c1ccc(C2CC2)c(F)c1. The van der Waals surface area contributed by atoms with Crippen LogP contribution in [0.3, 0.4) is 0 Å². The fourth-order valence-electron chi connectivity index (χ4n) is 2.78. The third-order valence-electron chi connectivity index (χ3n) is 4.05. The molecule has 2 aromatic rings. The Morgan fingerprint density at radius 1 is 1.36 bits per heavy atom. The molecule has 0 N–H and O–H groups in total. The topological polar surface area (TPSA) is 60.3 Å². The van der Waals surface area contributed by atoms with E-state index in [9.17, 15) is 9.18 Å². The molecule has 0 unspecified atom stereocenters. The standard InChI is InChI=1S/C15H15FN4O2/c16-14-7-11(3-4-13(14)10-1-2-10)20-9-12(22-15(20)21)8-19-6-5-17-18-19/h3-7,10,12H,1-2,8-9H2/t12-/m0/s1. The van der Waals surface area contributed by atoms with Crippen LogP contribution < -0.4 is 4.90 Å². The van der Waals surface area contributed by atoms with Crippen LogP contribution in [-0.2, 0) is 11.3 Å². The fourth-order valence-corrected chi connectivity index (χ4v) is 2.78. The van der Waals surface area contributed by atoms with E-state index in [1.165, 1.54) is 11.0 Å². The van der Waals surface area contributed by atoms with Crippen LogP contribution in [0.2, 0.25) is 0 Å². The van der Waals surface area contributed by atoms with Crippen molar-refractivity contribution < 1.29 is 13.9 Å². The van der Waals surface area contributed by atoms with Gasteiger partial charge in [-0.2, -0.15) is 0 Å². The van der Waals surface area contributed by atoms with Gasteiger partial charge in [-0.15, -0.1) is 5.10 Å². The van der Waals surface area contributed by atoms with E-state index in [1.807, 2.05) is 0 Å². The first-order valence-electron chi connectivity index (χ1n) is 7.32. The van der Waals surface area contributed by atoms with E-state index in [2.05, 4.69) is 10.3 Å². The lowest BCUT2D eigenvalue weighted by Gasteiger charge is -2.14. The van der Waals surface area contributed by atoms with E-state index < -0.39 is 6.09 Å². The summed E-state index contributed by atoms with van der Waals surface area (Å²) < 4.78 is 21.0. The van der Waals surface area contributed by atoms with Crippen molar-refractivity contribution in [3.63, 3.8) is 0 Å². The van der Waals surface area contributed by atoms with Crippen molar-refractivity contribution >= 4 is 11.8 Å². The Hall–Kier alpha value is -2.44. The number of carbonyl (C=O) groups is 1. The van der Waals surface area contributed by atoms with Gasteiger partial charge in [-0.05, 0) is 36.5 Å². The highest BCUT2D eigenvalue weighted by Gasteiger charge is 2.34. The summed E-state index contributed by atoms with van der Waals surface area (Å²) in [7, 11) is 0. The fraction of sp³-hybridized carbons (Fsp3) is 0.400. The van der Waals surface area contributed by atoms with E-state index in [1.54, 1.807) is 29.2 Å². The van der Waals surface area contributed by atoms with Gasteiger partial charge in [0, 0.05) is 6.20 Å². The molecule has 2 fully saturated rings. The number of nitrogens with zero attached hydrogens (tertiary/aromatic N) is 4. The van der Waals surface area contributed by atoms with Crippen LogP contribution in [0.25, 0.3) is 0 Å². The largest absolute Gasteiger partial charge is 0.442 e. The van der Waals surface area contributed by atoms with Gasteiger partial charge in [0.05, 0.1) is 25.0 Å². The zero-order valence-corrected chi connectivity index (χ0v) is 11.9. The molecule has 114 valence electrons. The molecule has 2 heterocycles. The Bertz CT molecular complexity index is 700. The molecule has 1 aliphatic carbocycles. The Kier molecular flexibility index (Phi) is 3.06. The summed E-state index contributed by atoms with van der Waals surface area (Å²) in [6.07, 6.45) is 4.59. The minimum Gasteiger partial charge on any atom is -0.442 e. The quantitative estimate of drug-likeness (QED) is 0.869. The van der Waals surface area contributed by atoms with Crippen LogP contribution in [0.15, 0.2) is 30.6 Å². The highest BCUT2D eigenvalue weighted by atomic mass is 19.1. The van der Waals surface area contributed by atoms with Gasteiger partial charge < -0.3 is 4.74 Å². The van der Waals surface area contributed by atoms with E-state index in [0.717, 1.165) is 18.4 Å². The average molecular weight is 302 g/mol. The number of halogens is 1. The lowest BCUT2D eigenvalue weighted by Crippen LogP contribution is -2.26. The minimum absolute atomic E-state index is 0.243. The first-order chi connectivity index (χ1) is 10.7. The number of carbonyl (C=O) groups excluding carboxylic acids is 1. The second-order valence-electron chi connectivity index (χ2n) is 5.72. The van der Waals surface area contributed by atoms with Crippen molar-refractivity contribution in [2.75, 3.05) is 11.4 Å². The Labute approximate surface area is 126 Å². The van der Waals surface area contributed by atoms with Gasteiger partial charge >= 0.3 is 6.09 Å². The monoisotopic (exact) mass is 302 g/mol. The van der Waals surface area contributed by atoms with Crippen LogP contribution in [0.5, 0.6) is 0 Å². The zero-order chi connectivity index (χ0) is 15.1. The van der Waals surface area contributed by atoms with Crippen LogP contribution in [0, 0.1) is 5.82 Å². The van der Waals surface area contributed by atoms with Crippen molar-refractivity contribution in [3.8, 4) is 0 Å². The van der Waals surface area contributed by atoms with E-state index in [4.69, 9.17) is 4.74 Å². The highest BCUT2D eigenvalue weighted by molar-refractivity contribution is 5.89. The molecule has 1 atom stereocenters. The van der Waals surface area contributed by atoms with Gasteiger partial charge in [-0.25, -0.2) is 13.9 Å². The number of amides is 1. The van der Waals surface area contributed by atoms with Gasteiger partial charge in [0.2, 0.25) is 0 Å². The summed E-state index contributed by atoms with van der Waals surface area (Å²) in [6, 6.07) is 4.99. The number of ether oxygens (including phenoxy) is 1. The molecule has 0 spiro atoms. The first kappa shape index (κ1) is 13.2. The third-order valence-corrected chi connectivity index (χ3v) is 4.05. The van der Waals surface area contributed by atoms with Crippen molar-refractivity contribution in [3.05, 3.63) is 42.0 Å². The lowest BCUT2D eigenvalue weighted by atomic mass is 10.1. The predicted octanol–water partition coefficient (Wildman–Crippen LogP) is 2.32. The molecule has 1 aromatic heterocycles. The molecule has 22 heavy (non-hydrogen) atoms. The molecule has 1 saturated heterocycles. The van der Waals surface area contributed by atoms with E-state index in [0.29, 0.717) is 24.7 Å². The Balaban J connectivity index is 1.50. The molecule has 0 radical (unpaired) electrons. The summed E-state index contributed by atoms with van der Waals surface area (Å²) in [5.41, 5.74) is 1.28. The van der Waals surface area contributed by atoms with E-state index in [-0.39, 0.29) is 11.9 Å². The zero-order valence-electron chi connectivity index (χ0n) is 11.9. The van der Waals surface area contributed by atoms with Crippen molar-refractivity contribution in [1.82, 2.24) is 15.0 Å². The number of aromatic nitrogens is 3. The molecule has 1 aliphatic heterocycles. The highest BCUT2D eigenvalue weighted by Crippen LogP contribution is 2.42. The summed E-state index contributed by atoms with van der Waals surface area (Å²) in [4.78, 5) is 13.5. The van der Waals surface area contributed by atoms with Crippen LogP contribution in [0.4, 0.5) is 14.9 Å². The number of hydrogen-bond donors (Lipinski definition) is 0. The van der Waals surface area contributed by atoms with Crippen LogP contribution in [-0.4, -0.2) is 33.7 Å². The Morgan fingerprint density at radius 3 is 2.91 bits per heavy atom. The van der Waals surface area contributed by atoms with Gasteiger partial charge in [0.1, 0.15) is 11.9 Å². The first-order valence-corrected chi connectivity index (χ1v) is 7.32. The maximum atomic E-state index is 14.1. The molecule has 0 bridgehead atoms. The van der Waals surface area contributed by atoms with Crippen molar-refractivity contribution in [2.45, 2.75) is 31.4 Å². The van der Waals surface area contributed by atoms with Crippen molar-refractivity contribution in [2.24, 2.45) is 0 Å². The second kappa shape index (κ2) is 5.08. The van der Waals surface area contributed by atoms with Gasteiger partial charge in [-0.1, -0.05) is 11.3 Å². The predicted molar refractivity (Wildman–Crippen MR) is 76.0 cm³/mol. The molecule has 1 amide bonds. The lowest BCUT2D eigenvalue weighted by molar-refractivity contribution is 0.129. The number of hydrogen-bond acceptors (Lipinski definition) is 4. The number of rotatable bonds is 4. The van der Waals surface area contributed by atoms with E-state index >= 15 is 0 Å². The minimum atomic E-state index is -0.455. The maximum absolute atomic E-state index is 14.1. The molecule has 2 aliphatic rings. The number of benzene rings is 1. The van der Waals surface area contributed by atoms with Crippen molar-refractivity contribution in [1.29, 1.82) is 0 Å². The molecule has 7 heteroatoms. The normalized spacial score (nSPS) is 21.2. The maximum Gasteiger partial charge on any atom is 0.414 e. The Morgan fingerprint density at radius 2 is 2.23 bits per heavy atom. The molecular weight excluding hydrogens is 287 g/mol. The van der Waals surface area contributed by atoms with Gasteiger partial charge in [0.25, 0.3) is 0 Å². The third kappa shape index (κ3) is 2.43. The summed E-state index contributed by atoms with van der Waals surface area (Å²) in [5.74, 6) is 0.104. The molecule has 6 nitrogen and oxygen atoms in total. The summed E-state index contributed by atoms with van der Waals surface area (Å²) >= 11 is 0. The van der Waals surface area contributed by atoms with Gasteiger partial charge in [0.15, 0.2) is 0 Å². The smallest absolute Gasteiger partial charge is 0.414 e. The molecule has 1 aromatic carbocycles. The average Bonchev–Trinajstić information content (AvgIpc) is 3.08. The number of cyclic esters (lactones) is 1. The van der Waals surface area contributed by atoms with Crippen LogP contribution >= 0.6 is 0 Å². The molecular formula is C15H15FN4O2. The molecule has 1 saturated carbocycles. The number of anilines is 1. The second-order valence-corrected chi connectivity index (χ2v) is 5.72. The van der Waals surface area contributed by atoms with Crippen LogP contribution in [0.1, 0.15) is 24.3 Å².